The van der Waals surface area contributed by atoms with Crippen molar-refractivity contribution >= 4 is 40.9 Å². The zero-order valence-electron chi connectivity index (χ0n) is 19.0. The van der Waals surface area contributed by atoms with Crippen molar-refractivity contribution in [1.82, 2.24) is 0 Å². The van der Waals surface area contributed by atoms with Gasteiger partial charge in [0, 0.05) is 15.6 Å². The second-order valence-electron chi connectivity index (χ2n) is 7.88. The van der Waals surface area contributed by atoms with Gasteiger partial charge in [-0.05, 0) is 77.9 Å². The van der Waals surface area contributed by atoms with E-state index < -0.39 is 5.97 Å². The number of hydrogen-bond donors (Lipinski definition) is 2. The molecule has 0 aliphatic heterocycles. The molecule has 1 heterocycles. The van der Waals surface area contributed by atoms with Gasteiger partial charge in [0.05, 0.1) is 12.3 Å². The van der Waals surface area contributed by atoms with E-state index in [0.29, 0.717) is 6.61 Å². The number of aliphatic carboxylic acids is 1. The number of phenols is 1. The number of phenolic OH excluding ortho intramolecular Hbond substituents is 1. The van der Waals surface area contributed by atoms with Crippen molar-refractivity contribution in [2.24, 2.45) is 0 Å². The van der Waals surface area contributed by atoms with Crippen LogP contribution in [-0.2, 0) is 11.4 Å². The summed E-state index contributed by atoms with van der Waals surface area (Å²) in [5.41, 5.74) is 5.22. The van der Waals surface area contributed by atoms with Crippen LogP contribution in [0, 0.1) is 18.8 Å². The minimum Gasteiger partial charge on any atom is -0.508 e. The Kier molecular flexibility index (Phi) is 8.27. The van der Waals surface area contributed by atoms with Crippen LogP contribution in [0.3, 0.4) is 0 Å². The third-order valence-electron chi connectivity index (χ3n) is 5.52. The van der Waals surface area contributed by atoms with Gasteiger partial charge in [-0.2, -0.15) is 13.5 Å². The Balaban J connectivity index is 0.00000324. The molecule has 0 bridgehead atoms. The molecule has 0 aliphatic rings. The first kappa shape index (κ1) is 25.2. The lowest BCUT2D eigenvalue weighted by molar-refractivity contribution is -0.137. The van der Waals surface area contributed by atoms with E-state index in [4.69, 9.17) is 9.84 Å². The minimum atomic E-state index is -0.867. The van der Waals surface area contributed by atoms with Gasteiger partial charge in [-0.3, -0.25) is 4.79 Å². The van der Waals surface area contributed by atoms with Crippen LogP contribution in [-0.4, -0.2) is 16.2 Å². The van der Waals surface area contributed by atoms with Crippen LogP contribution in [0.5, 0.6) is 11.5 Å². The summed E-state index contributed by atoms with van der Waals surface area (Å²) in [5, 5.41) is 22.2. The predicted molar refractivity (Wildman–Crippen MR) is 143 cm³/mol. The molecule has 6 heteroatoms. The lowest BCUT2D eigenvalue weighted by Crippen LogP contribution is -2.04. The molecule has 1 aromatic heterocycles. The second kappa shape index (κ2) is 11.1. The summed E-state index contributed by atoms with van der Waals surface area (Å²) in [6, 6.07) is 19.3. The molecule has 0 saturated carbocycles. The summed E-state index contributed by atoms with van der Waals surface area (Å²) in [6.45, 7) is 4.14. The number of aryl methyl sites for hydroxylation is 1. The van der Waals surface area contributed by atoms with Gasteiger partial charge in [-0.25, -0.2) is 0 Å². The number of ether oxygens (including phenoxy) is 1. The average Bonchev–Trinajstić information content (AvgIpc) is 3.20. The molecular weight excluding hydrogens is 464 g/mol. The number of carbonyl (C=O) groups is 1. The zero-order chi connectivity index (χ0) is 23.4. The summed E-state index contributed by atoms with van der Waals surface area (Å²) in [6.07, 6.45) is -0.0233. The smallest absolute Gasteiger partial charge is 0.304 e. The van der Waals surface area contributed by atoms with E-state index in [2.05, 4.69) is 35.4 Å². The number of hydrogen-bond acceptors (Lipinski definition) is 4. The molecule has 174 valence electrons. The average molecular weight is 491 g/mol. The van der Waals surface area contributed by atoms with Gasteiger partial charge in [0.2, 0.25) is 0 Å². The van der Waals surface area contributed by atoms with Gasteiger partial charge in [0.1, 0.15) is 18.1 Å². The molecular formula is C28H26O4S2. The standard InChI is InChI=1S/C28H24O4S.H2S/c1-3-4-21(15-28(30)31)20-6-9-23(10-7-20)32-16-19-5-12-27-25(14-19)26(17-33-27)24-11-8-22(29)13-18(24)2;/h5-14,17,21,29H,15-16H2,1-2H3,(H,30,31);1H2/t21-;/m0./s1. The first-order valence-electron chi connectivity index (χ1n) is 10.6. The summed E-state index contributed by atoms with van der Waals surface area (Å²) in [7, 11) is 0. The molecule has 0 aliphatic carbocycles. The maximum Gasteiger partial charge on any atom is 0.304 e. The number of carboxylic acids is 1. The summed E-state index contributed by atoms with van der Waals surface area (Å²) in [5.74, 6) is 5.57. The fraction of sp³-hybridized carbons (Fsp3) is 0.179. The SMILES string of the molecule is CC#C[C@@H](CC(=O)O)c1ccc(OCc2ccc3scc(-c4ccc(O)cc4C)c3c2)cc1.S. The van der Waals surface area contributed by atoms with Crippen LogP contribution in [0.4, 0.5) is 0 Å². The Hall–Kier alpha value is -3.40. The molecule has 0 spiro atoms. The van der Waals surface area contributed by atoms with Crippen LogP contribution in [0.2, 0.25) is 0 Å². The number of aromatic hydroxyl groups is 1. The Morgan fingerprint density at radius 1 is 1.06 bits per heavy atom. The highest BCUT2D eigenvalue weighted by Gasteiger charge is 2.14. The zero-order valence-corrected chi connectivity index (χ0v) is 20.8. The molecule has 0 radical (unpaired) electrons. The number of carboxylic acid groups (broad SMARTS) is 1. The maximum absolute atomic E-state index is 11.1. The van der Waals surface area contributed by atoms with E-state index in [1.807, 2.05) is 37.3 Å². The minimum absolute atomic E-state index is 0. The summed E-state index contributed by atoms with van der Waals surface area (Å²) in [4.78, 5) is 11.1. The highest BCUT2D eigenvalue weighted by atomic mass is 32.1. The van der Waals surface area contributed by atoms with Gasteiger partial charge < -0.3 is 14.9 Å². The van der Waals surface area contributed by atoms with Crippen molar-refractivity contribution in [1.29, 1.82) is 0 Å². The molecule has 0 unspecified atom stereocenters. The normalized spacial score (nSPS) is 11.2. The maximum atomic E-state index is 11.1. The van der Waals surface area contributed by atoms with Crippen LogP contribution in [0.25, 0.3) is 21.2 Å². The number of thiophene rings is 1. The van der Waals surface area contributed by atoms with Crippen molar-refractivity contribution in [3.63, 3.8) is 0 Å². The fourth-order valence-corrected chi connectivity index (χ4v) is 4.83. The Morgan fingerprint density at radius 2 is 1.82 bits per heavy atom. The predicted octanol–water partition coefficient (Wildman–Crippen LogP) is 6.86. The molecule has 34 heavy (non-hydrogen) atoms. The number of benzene rings is 3. The third-order valence-corrected chi connectivity index (χ3v) is 6.49. The fourth-order valence-electron chi connectivity index (χ4n) is 3.89. The van der Waals surface area contributed by atoms with E-state index in [1.54, 1.807) is 30.4 Å². The van der Waals surface area contributed by atoms with Crippen molar-refractivity contribution in [2.45, 2.75) is 32.8 Å². The van der Waals surface area contributed by atoms with Crippen LogP contribution in [0.15, 0.2) is 66.0 Å². The van der Waals surface area contributed by atoms with E-state index in [0.717, 1.165) is 33.6 Å². The Morgan fingerprint density at radius 3 is 2.50 bits per heavy atom. The van der Waals surface area contributed by atoms with E-state index in [-0.39, 0.29) is 31.6 Å². The largest absolute Gasteiger partial charge is 0.508 e. The second-order valence-corrected chi connectivity index (χ2v) is 8.79. The quantitative estimate of drug-likeness (QED) is 0.278. The number of rotatable bonds is 7. The van der Waals surface area contributed by atoms with Crippen LogP contribution in [0.1, 0.15) is 36.0 Å². The molecule has 3 aromatic carbocycles. The Labute approximate surface area is 210 Å². The van der Waals surface area contributed by atoms with Gasteiger partial charge >= 0.3 is 5.97 Å². The molecule has 0 amide bonds. The molecule has 1 atom stereocenters. The lowest BCUT2D eigenvalue weighted by atomic mass is 9.96. The van der Waals surface area contributed by atoms with E-state index in [9.17, 15) is 9.90 Å². The molecule has 0 saturated heterocycles. The first-order valence-corrected chi connectivity index (χ1v) is 11.5. The van der Waals surface area contributed by atoms with Gasteiger partial charge in [0.25, 0.3) is 0 Å². The molecule has 4 rings (SSSR count). The molecule has 0 fully saturated rings. The van der Waals surface area contributed by atoms with Gasteiger partial charge in [-0.1, -0.05) is 30.2 Å². The van der Waals surface area contributed by atoms with Gasteiger partial charge in [-0.15, -0.1) is 17.3 Å². The summed E-state index contributed by atoms with van der Waals surface area (Å²) >= 11 is 1.70. The molecule has 4 aromatic rings. The van der Waals surface area contributed by atoms with Crippen molar-refractivity contribution in [2.75, 3.05) is 0 Å². The first-order chi connectivity index (χ1) is 15.9. The summed E-state index contributed by atoms with van der Waals surface area (Å²) < 4.78 is 7.20. The number of fused-ring (bicyclic) bond motifs is 1. The van der Waals surface area contributed by atoms with Gasteiger partial charge in [0.15, 0.2) is 0 Å². The van der Waals surface area contributed by atoms with Crippen molar-refractivity contribution < 1.29 is 19.7 Å². The highest BCUT2D eigenvalue weighted by Crippen LogP contribution is 2.37. The van der Waals surface area contributed by atoms with Crippen LogP contribution < -0.4 is 4.74 Å². The molecule has 2 N–H and O–H groups in total. The van der Waals surface area contributed by atoms with E-state index in [1.165, 1.54) is 10.1 Å². The third kappa shape index (κ3) is 5.74. The van der Waals surface area contributed by atoms with Crippen molar-refractivity contribution in [3.8, 4) is 34.5 Å². The highest BCUT2D eigenvalue weighted by molar-refractivity contribution is 7.59. The topological polar surface area (TPSA) is 66.8 Å². The van der Waals surface area contributed by atoms with Crippen molar-refractivity contribution in [3.05, 3.63) is 82.7 Å². The Bertz CT molecular complexity index is 1360. The lowest BCUT2D eigenvalue weighted by Gasteiger charge is -2.11. The molecule has 4 nitrogen and oxygen atoms in total. The monoisotopic (exact) mass is 490 g/mol. The van der Waals surface area contributed by atoms with Crippen LogP contribution >= 0.6 is 24.8 Å². The van der Waals surface area contributed by atoms with E-state index >= 15 is 0 Å².